The SMILES string of the molecule is Cc1ccc(S(=O)(=O)N2CCC[C@@H]2c2ccc(NC3CC3)nc2)cc1. The van der Waals surface area contributed by atoms with Gasteiger partial charge in [-0.1, -0.05) is 23.8 Å². The highest BCUT2D eigenvalue weighted by molar-refractivity contribution is 7.89. The molecule has 1 saturated carbocycles. The summed E-state index contributed by atoms with van der Waals surface area (Å²) >= 11 is 0. The van der Waals surface area contributed by atoms with Crippen LogP contribution in [0, 0.1) is 6.92 Å². The molecular weight excluding hydrogens is 334 g/mol. The van der Waals surface area contributed by atoms with Gasteiger partial charge < -0.3 is 5.32 Å². The molecule has 2 fully saturated rings. The lowest BCUT2D eigenvalue weighted by Crippen LogP contribution is -2.30. The molecule has 1 atom stereocenters. The molecule has 1 N–H and O–H groups in total. The average molecular weight is 357 g/mol. The molecule has 1 saturated heterocycles. The summed E-state index contributed by atoms with van der Waals surface area (Å²) in [5.41, 5.74) is 2.02. The molecule has 2 heterocycles. The van der Waals surface area contributed by atoms with E-state index in [1.807, 2.05) is 37.4 Å². The Balaban J connectivity index is 1.58. The number of rotatable bonds is 5. The molecule has 0 amide bonds. The topological polar surface area (TPSA) is 62.3 Å². The Kier molecular flexibility index (Phi) is 4.25. The Morgan fingerprint density at radius 3 is 2.48 bits per heavy atom. The van der Waals surface area contributed by atoms with Crippen LogP contribution in [0.4, 0.5) is 5.82 Å². The van der Waals surface area contributed by atoms with Crippen molar-refractivity contribution in [1.29, 1.82) is 0 Å². The minimum atomic E-state index is -3.48. The van der Waals surface area contributed by atoms with Crippen molar-refractivity contribution in [2.75, 3.05) is 11.9 Å². The predicted molar refractivity (Wildman–Crippen MR) is 97.9 cm³/mol. The van der Waals surface area contributed by atoms with Crippen LogP contribution in [0.2, 0.25) is 0 Å². The van der Waals surface area contributed by atoms with E-state index in [0.717, 1.165) is 29.8 Å². The monoisotopic (exact) mass is 357 g/mol. The van der Waals surface area contributed by atoms with Crippen molar-refractivity contribution < 1.29 is 8.42 Å². The van der Waals surface area contributed by atoms with Gasteiger partial charge >= 0.3 is 0 Å². The van der Waals surface area contributed by atoms with Gasteiger partial charge in [0, 0.05) is 18.8 Å². The number of benzene rings is 1. The van der Waals surface area contributed by atoms with E-state index in [4.69, 9.17) is 0 Å². The van der Waals surface area contributed by atoms with Crippen LogP contribution in [-0.2, 0) is 10.0 Å². The first kappa shape index (κ1) is 16.5. The van der Waals surface area contributed by atoms with E-state index >= 15 is 0 Å². The third kappa shape index (κ3) is 3.41. The highest BCUT2D eigenvalue weighted by Gasteiger charge is 2.36. The van der Waals surface area contributed by atoms with E-state index in [1.165, 1.54) is 12.8 Å². The molecule has 6 heteroatoms. The number of nitrogens with one attached hydrogen (secondary N) is 1. The van der Waals surface area contributed by atoms with Crippen LogP contribution < -0.4 is 5.32 Å². The number of anilines is 1. The summed E-state index contributed by atoms with van der Waals surface area (Å²) in [6, 6.07) is 11.5. The summed E-state index contributed by atoms with van der Waals surface area (Å²) < 4.78 is 27.7. The first-order valence-electron chi connectivity index (χ1n) is 8.85. The summed E-state index contributed by atoms with van der Waals surface area (Å²) in [7, 11) is -3.48. The minimum absolute atomic E-state index is 0.131. The summed E-state index contributed by atoms with van der Waals surface area (Å²) in [5.74, 6) is 0.872. The fourth-order valence-corrected chi connectivity index (χ4v) is 5.01. The van der Waals surface area contributed by atoms with E-state index in [-0.39, 0.29) is 6.04 Å². The van der Waals surface area contributed by atoms with Crippen LogP contribution >= 0.6 is 0 Å². The van der Waals surface area contributed by atoms with E-state index in [1.54, 1.807) is 16.4 Å². The molecular formula is C19H23N3O2S. The van der Waals surface area contributed by atoms with Gasteiger partial charge in [0.05, 0.1) is 10.9 Å². The van der Waals surface area contributed by atoms with Gasteiger partial charge in [0.25, 0.3) is 0 Å². The Hall–Kier alpha value is -1.92. The maximum atomic E-state index is 13.0. The molecule has 1 aromatic heterocycles. The molecule has 1 aliphatic heterocycles. The maximum Gasteiger partial charge on any atom is 0.243 e. The van der Waals surface area contributed by atoms with Crippen molar-refractivity contribution in [3.63, 3.8) is 0 Å². The highest BCUT2D eigenvalue weighted by atomic mass is 32.2. The van der Waals surface area contributed by atoms with Gasteiger partial charge in [-0.05, 0) is 56.4 Å². The minimum Gasteiger partial charge on any atom is -0.367 e. The Labute approximate surface area is 149 Å². The molecule has 2 aromatic rings. The molecule has 4 rings (SSSR count). The first-order valence-corrected chi connectivity index (χ1v) is 10.3. The van der Waals surface area contributed by atoms with Gasteiger partial charge in [-0.2, -0.15) is 4.31 Å². The standard InChI is InChI=1S/C19H23N3O2S/c1-14-4-9-17(10-5-14)25(23,24)22-12-2-3-18(22)15-6-11-19(20-13-15)21-16-7-8-16/h4-6,9-11,13,16,18H,2-3,7-8,12H2,1H3,(H,20,21)/t18-/m1/s1. The smallest absolute Gasteiger partial charge is 0.243 e. The van der Waals surface area contributed by atoms with Crippen molar-refractivity contribution in [1.82, 2.24) is 9.29 Å². The number of aryl methyl sites for hydroxylation is 1. The van der Waals surface area contributed by atoms with E-state index < -0.39 is 10.0 Å². The second kappa shape index (κ2) is 6.42. The normalized spacial score (nSPS) is 21.4. The van der Waals surface area contributed by atoms with Crippen LogP contribution in [0.5, 0.6) is 0 Å². The molecule has 1 aromatic carbocycles. The van der Waals surface area contributed by atoms with Crippen LogP contribution in [0.1, 0.15) is 42.9 Å². The van der Waals surface area contributed by atoms with Crippen molar-refractivity contribution in [3.8, 4) is 0 Å². The number of nitrogens with zero attached hydrogens (tertiary/aromatic N) is 2. The quantitative estimate of drug-likeness (QED) is 0.890. The van der Waals surface area contributed by atoms with Gasteiger partial charge in [-0.15, -0.1) is 0 Å². The zero-order valence-electron chi connectivity index (χ0n) is 14.4. The van der Waals surface area contributed by atoms with Crippen molar-refractivity contribution in [2.24, 2.45) is 0 Å². The van der Waals surface area contributed by atoms with Crippen molar-refractivity contribution in [2.45, 2.75) is 49.6 Å². The molecule has 132 valence electrons. The van der Waals surface area contributed by atoms with Gasteiger partial charge in [-0.25, -0.2) is 13.4 Å². The number of hydrogen-bond acceptors (Lipinski definition) is 4. The second-order valence-corrected chi connectivity index (χ2v) is 8.87. The van der Waals surface area contributed by atoms with Gasteiger partial charge in [-0.3, -0.25) is 0 Å². The zero-order valence-corrected chi connectivity index (χ0v) is 15.2. The number of sulfonamides is 1. The zero-order chi connectivity index (χ0) is 17.4. The van der Waals surface area contributed by atoms with Crippen LogP contribution in [0.15, 0.2) is 47.5 Å². The maximum absolute atomic E-state index is 13.0. The van der Waals surface area contributed by atoms with Crippen LogP contribution in [0.3, 0.4) is 0 Å². The van der Waals surface area contributed by atoms with Crippen LogP contribution in [0.25, 0.3) is 0 Å². The summed E-state index contributed by atoms with van der Waals surface area (Å²) in [5, 5.41) is 3.36. The molecule has 0 unspecified atom stereocenters. The van der Waals surface area contributed by atoms with Crippen LogP contribution in [-0.4, -0.2) is 30.3 Å². The van der Waals surface area contributed by atoms with E-state index in [0.29, 0.717) is 17.5 Å². The molecule has 0 bridgehead atoms. The lowest BCUT2D eigenvalue weighted by atomic mass is 10.1. The van der Waals surface area contributed by atoms with Crippen molar-refractivity contribution in [3.05, 3.63) is 53.7 Å². The first-order chi connectivity index (χ1) is 12.0. The summed E-state index contributed by atoms with van der Waals surface area (Å²) in [6.45, 7) is 2.51. The number of hydrogen-bond donors (Lipinski definition) is 1. The van der Waals surface area contributed by atoms with Crippen molar-refractivity contribution >= 4 is 15.8 Å². The fraction of sp³-hybridized carbons (Fsp3) is 0.421. The fourth-order valence-electron chi connectivity index (χ4n) is 3.33. The molecule has 0 spiro atoms. The lowest BCUT2D eigenvalue weighted by Gasteiger charge is -2.24. The van der Waals surface area contributed by atoms with Gasteiger partial charge in [0.15, 0.2) is 0 Å². The predicted octanol–water partition coefficient (Wildman–Crippen LogP) is 3.49. The molecule has 5 nitrogen and oxygen atoms in total. The largest absolute Gasteiger partial charge is 0.367 e. The molecule has 1 aliphatic carbocycles. The Bertz CT molecular complexity index is 843. The molecule has 0 radical (unpaired) electrons. The van der Waals surface area contributed by atoms with E-state index in [2.05, 4.69) is 10.3 Å². The Morgan fingerprint density at radius 2 is 1.84 bits per heavy atom. The third-order valence-electron chi connectivity index (χ3n) is 4.93. The molecule has 25 heavy (non-hydrogen) atoms. The average Bonchev–Trinajstić information content (AvgIpc) is 3.27. The summed E-state index contributed by atoms with van der Waals surface area (Å²) in [6.07, 6.45) is 5.93. The summed E-state index contributed by atoms with van der Waals surface area (Å²) in [4.78, 5) is 4.84. The van der Waals surface area contributed by atoms with E-state index in [9.17, 15) is 8.42 Å². The highest BCUT2D eigenvalue weighted by Crippen LogP contribution is 2.36. The molecule has 2 aliphatic rings. The third-order valence-corrected chi connectivity index (χ3v) is 6.85. The van der Waals surface area contributed by atoms with Gasteiger partial charge in [0.2, 0.25) is 10.0 Å². The number of aromatic nitrogens is 1. The Morgan fingerprint density at radius 1 is 1.08 bits per heavy atom. The number of pyridine rings is 1. The second-order valence-electron chi connectivity index (χ2n) is 6.98. The lowest BCUT2D eigenvalue weighted by molar-refractivity contribution is 0.396. The van der Waals surface area contributed by atoms with Gasteiger partial charge in [0.1, 0.15) is 5.82 Å².